The fourth-order valence-corrected chi connectivity index (χ4v) is 4.04. The average Bonchev–Trinajstić information content (AvgIpc) is 3.04. The minimum atomic E-state index is -4.16. The van der Waals surface area contributed by atoms with Crippen LogP contribution < -0.4 is 10.6 Å². The number of rotatable bonds is 6. The highest BCUT2D eigenvalue weighted by molar-refractivity contribution is 9.11. The maximum atomic E-state index is 12.3. The van der Waals surface area contributed by atoms with E-state index in [0.29, 0.717) is 32.6 Å². The van der Waals surface area contributed by atoms with Crippen LogP contribution in [-0.4, -0.2) is 49.8 Å². The van der Waals surface area contributed by atoms with Crippen LogP contribution in [0.4, 0.5) is 18.0 Å². The van der Waals surface area contributed by atoms with Gasteiger partial charge in [-0.2, -0.15) is 13.2 Å². The predicted octanol–water partition coefficient (Wildman–Crippen LogP) is 3.24. The van der Waals surface area contributed by atoms with Crippen LogP contribution in [0.5, 0.6) is 0 Å². The summed E-state index contributed by atoms with van der Waals surface area (Å²) in [5.41, 5.74) is 0. The highest BCUT2D eigenvalue weighted by atomic mass is 79.9. The van der Waals surface area contributed by atoms with E-state index in [-0.39, 0.29) is 11.9 Å². The molecule has 23 heavy (non-hydrogen) atoms. The number of likely N-dealkylation sites (tertiary alicyclic amines) is 1. The summed E-state index contributed by atoms with van der Waals surface area (Å²) in [6.07, 6.45) is -2.72. The van der Waals surface area contributed by atoms with Crippen molar-refractivity contribution in [1.82, 2.24) is 15.5 Å². The van der Waals surface area contributed by atoms with Gasteiger partial charge in [0.2, 0.25) is 0 Å². The Morgan fingerprint density at radius 3 is 2.83 bits per heavy atom. The number of urea groups is 1. The third kappa shape index (κ3) is 7.09. The molecule has 1 saturated heterocycles. The molecule has 0 saturated carbocycles. The Hall–Kier alpha value is -0.800. The summed E-state index contributed by atoms with van der Waals surface area (Å²) in [5.74, 6) is 0.0800. The number of nitrogens with zero attached hydrogens (tertiary/aromatic N) is 1. The van der Waals surface area contributed by atoms with Crippen LogP contribution in [0.1, 0.15) is 11.3 Å². The summed E-state index contributed by atoms with van der Waals surface area (Å²) in [6, 6.07) is 3.70. The van der Waals surface area contributed by atoms with Crippen molar-refractivity contribution in [2.24, 2.45) is 5.92 Å². The normalized spacial score (nSPS) is 19.0. The minimum absolute atomic E-state index is 0.0800. The van der Waals surface area contributed by atoms with Crippen molar-refractivity contribution in [2.75, 3.05) is 32.7 Å². The molecule has 1 aliphatic heterocycles. The molecular weight excluding hydrogens is 395 g/mol. The summed E-state index contributed by atoms with van der Waals surface area (Å²) in [5, 5.41) is 5.50. The molecule has 1 aromatic rings. The smallest absolute Gasteiger partial charge is 0.338 e. The Bertz CT molecular complexity index is 524. The maximum absolute atomic E-state index is 12.3. The number of hydrogen-bond acceptors (Lipinski definition) is 3. The number of halogens is 4. The molecule has 0 radical (unpaired) electrons. The van der Waals surface area contributed by atoms with Crippen molar-refractivity contribution in [3.63, 3.8) is 0 Å². The molecular formula is C14H19BrF3N3OS. The fourth-order valence-electron chi connectivity index (χ4n) is 2.56. The zero-order valence-electron chi connectivity index (χ0n) is 12.5. The van der Waals surface area contributed by atoms with E-state index in [4.69, 9.17) is 0 Å². The van der Waals surface area contributed by atoms with Crippen LogP contribution in [0.25, 0.3) is 0 Å². The number of nitrogens with one attached hydrogen (secondary N) is 2. The Morgan fingerprint density at radius 1 is 1.39 bits per heavy atom. The molecule has 1 fully saturated rings. The molecule has 0 spiro atoms. The van der Waals surface area contributed by atoms with Gasteiger partial charge in [-0.05, 0) is 53.4 Å². The lowest BCUT2D eigenvalue weighted by atomic mass is 10.1. The van der Waals surface area contributed by atoms with Crippen molar-refractivity contribution >= 4 is 33.3 Å². The molecule has 2 amide bonds. The molecule has 1 aliphatic rings. The van der Waals surface area contributed by atoms with E-state index in [0.717, 1.165) is 10.2 Å². The minimum Gasteiger partial charge on any atom is -0.338 e. The van der Waals surface area contributed by atoms with Crippen molar-refractivity contribution in [3.8, 4) is 0 Å². The zero-order valence-corrected chi connectivity index (χ0v) is 14.9. The monoisotopic (exact) mass is 413 g/mol. The third-order valence-electron chi connectivity index (χ3n) is 3.61. The standard InChI is InChI=1S/C14H19BrF3N3OS/c15-12-2-1-11(23-12)3-5-19-13(22)20-7-10-4-6-21(8-10)9-14(16,17)18/h1-2,10H,3-9H2,(H2,19,20,22)/t10-/m1/s1. The number of carbonyl (C=O) groups excluding carboxylic acids is 1. The molecule has 2 N–H and O–H groups in total. The molecule has 1 aromatic heterocycles. The number of alkyl halides is 3. The van der Waals surface area contributed by atoms with E-state index in [1.54, 1.807) is 11.3 Å². The van der Waals surface area contributed by atoms with Gasteiger partial charge in [0.25, 0.3) is 0 Å². The van der Waals surface area contributed by atoms with E-state index in [2.05, 4.69) is 26.6 Å². The quantitative estimate of drug-likeness (QED) is 0.751. The third-order valence-corrected chi connectivity index (χ3v) is 5.29. The molecule has 2 heterocycles. The lowest BCUT2D eigenvalue weighted by Gasteiger charge is -2.18. The Morgan fingerprint density at radius 2 is 2.17 bits per heavy atom. The van der Waals surface area contributed by atoms with E-state index >= 15 is 0 Å². The first-order valence-electron chi connectivity index (χ1n) is 7.37. The lowest BCUT2D eigenvalue weighted by Crippen LogP contribution is -2.40. The first-order chi connectivity index (χ1) is 10.8. The summed E-state index contributed by atoms with van der Waals surface area (Å²) >= 11 is 5.01. The zero-order chi connectivity index (χ0) is 16.9. The van der Waals surface area contributed by atoms with E-state index in [9.17, 15) is 18.0 Å². The predicted molar refractivity (Wildman–Crippen MR) is 87.7 cm³/mol. The van der Waals surface area contributed by atoms with Crippen LogP contribution >= 0.6 is 27.3 Å². The first-order valence-corrected chi connectivity index (χ1v) is 8.98. The van der Waals surface area contributed by atoms with Gasteiger partial charge in [-0.3, -0.25) is 4.90 Å². The second-order valence-electron chi connectivity index (χ2n) is 5.60. The van der Waals surface area contributed by atoms with Gasteiger partial charge < -0.3 is 10.6 Å². The summed E-state index contributed by atoms with van der Waals surface area (Å²) in [4.78, 5) is 14.2. The Labute approximate surface area is 145 Å². The molecule has 2 rings (SSSR count). The van der Waals surface area contributed by atoms with Gasteiger partial charge in [0.1, 0.15) is 0 Å². The van der Waals surface area contributed by atoms with Crippen molar-refractivity contribution in [3.05, 3.63) is 20.8 Å². The van der Waals surface area contributed by atoms with Crippen molar-refractivity contribution in [2.45, 2.75) is 19.0 Å². The molecule has 0 unspecified atom stereocenters. The van der Waals surface area contributed by atoms with E-state index in [1.165, 1.54) is 9.78 Å². The summed E-state index contributed by atoms with van der Waals surface area (Å²) < 4.78 is 38.0. The van der Waals surface area contributed by atoms with Gasteiger partial charge in [-0.1, -0.05) is 0 Å². The number of amides is 2. The average molecular weight is 414 g/mol. The SMILES string of the molecule is O=C(NCCc1ccc(Br)s1)NC[C@H]1CCN(CC(F)(F)F)C1. The van der Waals surface area contributed by atoms with Gasteiger partial charge in [0.15, 0.2) is 0 Å². The molecule has 0 aliphatic carbocycles. The van der Waals surface area contributed by atoms with Gasteiger partial charge in [-0.15, -0.1) is 11.3 Å². The van der Waals surface area contributed by atoms with E-state index < -0.39 is 12.7 Å². The second-order valence-corrected chi connectivity index (χ2v) is 8.15. The highest BCUT2D eigenvalue weighted by Gasteiger charge is 2.34. The Balaban J connectivity index is 1.58. The van der Waals surface area contributed by atoms with Crippen molar-refractivity contribution < 1.29 is 18.0 Å². The van der Waals surface area contributed by atoms with Crippen LogP contribution in [0.2, 0.25) is 0 Å². The molecule has 0 bridgehead atoms. The summed E-state index contributed by atoms with van der Waals surface area (Å²) in [7, 11) is 0. The maximum Gasteiger partial charge on any atom is 0.401 e. The number of hydrogen-bond donors (Lipinski definition) is 2. The topological polar surface area (TPSA) is 44.4 Å². The van der Waals surface area contributed by atoms with Crippen LogP contribution in [-0.2, 0) is 6.42 Å². The number of thiophene rings is 1. The van der Waals surface area contributed by atoms with Crippen LogP contribution in [0.3, 0.4) is 0 Å². The lowest BCUT2D eigenvalue weighted by molar-refractivity contribution is -0.143. The molecule has 130 valence electrons. The van der Waals surface area contributed by atoms with Gasteiger partial charge in [-0.25, -0.2) is 4.79 Å². The molecule has 9 heteroatoms. The molecule has 4 nitrogen and oxygen atoms in total. The van der Waals surface area contributed by atoms with Gasteiger partial charge in [0.05, 0.1) is 10.3 Å². The highest BCUT2D eigenvalue weighted by Crippen LogP contribution is 2.23. The summed E-state index contributed by atoms with van der Waals surface area (Å²) in [6.45, 7) is 0.879. The second kappa shape index (κ2) is 8.34. The first kappa shape index (κ1) is 18.5. The Kier molecular flexibility index (Phi) is 6.72. The van der Waals surface area contributed by atoms with E-state index in [1.807, 2.05) is 12.1 Å². The van der Waals surface area contributed by atoms with Crippen LogP contribution in [0.15, 0.2) is 15.9 Å². The fraction of sp³-hybridized carbons (Fsp3) is 0.643. The van der Waals surface area contributed by atoms with Crippen molar-refractivity contribution in [1.29, 1.82) is 0 Å². The van der Waals surface area contributed by atoms with Crippen LogP contribution in [0, 0.1) is 5.92 Å². The molecule has 0 aromatic carbocycles. The van der Waals surface area contributed by atoms with Gasteiger partial charge in [0, 0.05) is 24.5 Å². The largest absolute Gasteiger partial charge is 0.401 e. The molecule has 1 atom stereocenters. The van der Waals surface area contributed by atoms with Gasteiger partial charge >= 0.3 is 12.2 Å². The number of carbonyl (C=O) groups is 1.